The Bertz CT molecular complexity index is 899. The van der Waals surface area contributed by atoms with Gasteiger partial charge in [0.1, 0.15) is 0 Å². The lowest BCUT2D eigenvalue weighted by Gasteiger charge is -2.30. The summed E-state index contributed by atoms with van der Waals surface area (Å²) in [6.45, 7) is 0.798. The Morgan fingerprint density at radius 2 is 1.92 bits per heavy atom. The number of carbonyl (C=O) groups is 1. The predicted octanol–water partition coefficient (Wildman–Crippen LogP) is 1.83. The van der Waals surface area contributed by atoms with E-state index in [2.05, 4.69) is 5.32 Å². The van der Waals surface area contributed by atoms with Gasteiger partial charge in [0.25, 0.3) is 0 Å². The number of anilines is 1. The first kappa shape index (κ1) is 17.1. The van der Waals surface area contributed by atoms with Crippen LogP contribution in [0.15, 0.2) is 42.5 Å². The molecule has 1 heterocycles. The molecule has 0 unspecified atom stereocenters. The van der Waals surface area contributed by atoms with E-state index in [0.717, 1.165) is 11.1 Å². The Balaban J connectivity index is 1.89. The minimum atomic E-state index is -4.20. The van der Waals surface area contributed by atoms with Gasteiger partial charge in [-0.3, -0.25) is 0 Å². The molecule has 0 spiro atoms. The summed E-state index contributed by atoms with van der Waals surface area (Å²) in [5.74, 6) is 0.129. The molecule has 0 aliphatic carbocycles. The second-order valence-electron chi connectivity index (χ2n) is 5.51. The molecule has 132 valence electrons. The molecule has 3 N–H and O–H groups in total. The highest BCUT2D eigenvalue weighted by molar-refractivity contribution is 7.84. The maximum Gasteiger partial charge on any atom is 0.380 e. The number of nitrogens with one attached hydrogen (secondary N) is 1. The smallest absolute Gasteiger partial charge is 0.380 e. The van der Waals surface area contributed by atoms with E-state index in [1.54, 1.807) is 11.0 Å². The highest BCUT2D eigenvalue weighted by Crippen LogP contribution is 2.36. The number of nitrogens with two attached hydrogens (primary N) is 1. The summed E-state index contributed by atoms with van der Waals surface area (Å²) < 4.78 is 32.2. The molecule has 9 heteroatoms. The van der Waals surface area contributed by atoms with Crippen molar-refractivity contribution in [3.05, 3.63) is 53.6 Å². The number of amides is 2. The fourth-order valence-electron chi connectivity index (χ4n) is 2.60. The monoisotopic (exact) mass is 363 g/mol. The number of methoxy groups -OCH3 is 1. The van der Waals surface area contributed by atoms with Crippen LogP contribution in [0, 0.1) is 0 Å². The third kappa shape index (κ3) is 4.01. The summed E-state index contributed by atoms with van der Waals surface area (Å²) in [6, 6.07) is 12.3. The normalized spacial score (nSPS) is 13.8. The van der Waals surface area contributed by atoms with Crippen LogP contribution in [0.3, 0.4) is 0 Å². The number of hydrogen-bond donors (Lipinski definition) is 2. The Hall–Kier alpha value is -2.78. The summed E-state index contributed by atoms with van der Waals surface area (Å²) in [5, 5.41) is 7.62. The summed E-state index contributed by atoms with van der Waals surface area (Å²) in [5.41, 5.74) is 2.23. The van der Waals surface area contributed by atoms with Crippen molar-refractivity contribution in [1.29, 1.82) is 0 Å². The molecule has 0 aromatic heterocycles. The zero-order chi connectivity index (χ0) is 18.0. The van der Waals surface area contributed by atoms with Crippen LogP contribution in [-0.2, 0) is 23.4 Å². The standard InChI is InChI=1S/C16H17N3O5S/c1-23-14-7-12-10-19(9-11-5-3-2-4-6-11)16(20)18-13(12)8-15(14)24-25(17,21)22/h2-8H,9-10H2,1H3,(H,18,20)(H2,17,21,22). The average molecular weight is 363 g/mol. The van der Waals surface area contributed by atoms with Crippen molar-refractivity contribution in [2.24, 2.45) is 5.14 Å². The van der Waals surface area contributed by atoms with E-state index in [1.807, 2.05) is 30.3 Å². The molecule has 0 fully saturated rings. The van der Waals surface area contributed by atoms with Crippen molar-refractivity contribution in [3.8, 4) is 11.5 Å². The van der Waals surface area contributed by atoms with E-state index in [-0.39, 0.29) is 17.5 Å². The number of rotatable bonds is 5. The second-order valence-corrected chi connectivity index (χ2v) is 6.66. The number of ether oxygens (including phenoxy) is 1. The number of hydrogen-bond acceptors (Lipinski definition) is 5. The molecule has 8 nitrogen and oxygen atoms in total. The molecule has 25 heavy (non-hydrogen) atoms. The molecular weight excluding hydrogens is 346 g/mol. The third-order valence-electron chi connectivity index (χ3n) is 3.70. The molecule has 2 aromatic rings. The molecule has 1 aliphatic heterocycles. The van der Waals surface area contributed by atoms with Crippen LogP contribution in [0.25, 0.3) is 0 Å². The minimum absolute atomic E-state index is 0.0828. The van der Waals surface area contributed by atoms with Crippen molar-refractivity contribution < 1.29 is 22.1 Å². The Kier molecular flexibility index (Phi) is 4.51. The van der Waals surface area contributed by atoms with Crippen molar-refractivity contribution >= 4 is 22.0 Å². The van der Waals surface area contributed by atoms with Crippen LogP contribution in [0.1, 0.15) is 11.1 Å². The van der Waals surface area contributed by atoms with Crippen molar-refractivity contribution in [1.82, 2.24) is 4.90 Å². The first-order valence-electron chi connectivity index (χ1n) is 7.38. The molecule has 0 saturated carbocycles. The summed E-state index contributed by atoms with van der Waals surface area (Å²) in [7, 11) is -2.81. The number of urea groups is 1. The van der Waals surface area contributed by atoms with E-state index >= 15 is 0 Å². The van der Waals surface area contributed by atoms with E-state index in [1.165, 1.54) is 13.2 Å². The molecule has 0 saturated heterocycles. The van der Waals surface area contributed by atoms with Crippen molar-refractivity contribution in [2.45, 2.75) is 13.1 Å². The summed E-state index contributed by atoms with van der Waals surface area (Å²) >= 11 is 0. The van der Waals surface area contributed by atoms with Gasteiger partial charge in [-0.15, -0.1) is 0 Å². The lowest BCUT2D eigenvalue weighted by atomic mass is 10.1. The van der Waals surface area contributed by atoms with Gasteiger partial charge >= 0.3 is 16.3 Å². The molecule has 2 amide bonds. The number of fused-ring (bicyclic) bond motifs is 1. The van der Waals surface area contributed by atoms with Gasteiger partial charge in [0, 0.05) is 19.2 Å². The zero-order valence-electron chi connectivity index (χ0n) is 13.4. The summed E-state index contributed by atoms with van der Waals surface area (Å²) in [4.78, 5) is 13.9. The lowest BCUT2D eigenvalue weighted by molar-refractivity contribution is 0.204. The van der Waals surface area contributed by atoms with Gasteiger partial charge in [-0.1, -0.05) is 30.3 Å². The van der Waals surface area contributed by atoms with Gasteiger partial charge in [-0.05, 0) is 17.2 Å². The largest absolute Gasteiger partial charge is 0.493 e. The molecule has 0 bridgehead atoms. The number of carbonyl (C=O) groups excluding carboxylic acids is 1. The van der Waals surface area contributed by atoms with Gasteiger partial charge in [0.05, 0.1) is 12.8 Å². The van der Waals surface area contributed by atoms with E-state index in [4.69, 9.17) is 14.1 Å². The minimum Gasteiger partial charge on any atom is -0.493 e. The number of nitrogens with zero attached hydrogens (tertiary/aromatic N) is 1. The fraction of sp³-hybridized carbons (Fsp3) is 0.188. The third-order valence-corrected chi connectivity index (χ3v) is 4.11. The van der Waals surface area contributed by atoms with Crippen LogP contribution in [0.5, 0.6) is 11.5 Å². The Labute approximate surface area is 145 Å². The maximum absolute atomic E-state index is 12.3. The van der Waals surface area contributed by atoms with Gasteiger partial charge in [0.2, 0.25) is 0 Å². The highest BCUT2D eigenvalue weighted by Gasteiger charge is 2.25. The quantitative estimate of drug-likeness (QED) is 0.842. The molecule has 0 radical (unpaired) electrons. The molecule has 1 aliphatic rings. The SMILES string of the molecule is COc1cc2c(cc1OS(N)(=O)=O)NC(=O)N(Cc1ccccc1)C2. The molecule has 2 aromatic carbocycles. The second kappa shape index (κ2) is 6.61. The van der Waals surface area contributed by atoms with Crippen LogP contribution in [-0.4, -0.2) is 26.5 Å². The summed E-state index contributed by atoms with van der Waals surface area (Å²) in [6.07, 6.45) is 0. The lowest BCUT2D eigenvalue weighted by Crippen LogP contribution is -2.38. The first-order valence-corrected chi connectivity index (χ1v) is 8.86. The van der Waals surface area contributed by atoms with E-state index < -0.39 is 10.3 Å². The van der Waals surface area contributed by atoms with Crippen LogP contribution in [0.4, 0.5) is 10.5 Å². The first-order chi connectivity index (χ1) is 11.9. The van der Waals surface area contributed by atoms with Crippen LogP contribution >= 0.6 is 0 Å². The Morgan fingerprint density at radius 1 is 1.20 bits per heavy atom. The van der Waals surface area contributed by atoms with Gasteiger partial charge < -0.3 is 19.1 Å². The highest BCUT2D eigenvalue weighted by atomic mass is 32.2. The van der Waals surface area contributed by atoms with Gasteiger partial charge in [-0.2, -0.15) is 13.6 Å². The topological polar surface area (TPSA) is 111 Å². The molecule has 0 atom stereocenters. The van der Waals surface area contributed by atoms with E-state index in [9.17, 15) is 13.2 Å². The van der Waals surface area contributed by atoms with Gasteiger partial charge in [-0.25, -0.2) is 4.79 Å². The van der Waals surface area contributed by atoms with E-state index in [0.29, 0.717) is 18.8 Å². The van der Waals surface area contributed by atoms with Crippen molar-refractivity contribution in [2.75, 3.05) is 12.4 Å². The number of benzene rings is 2. The predicted molar refractivity (Wildman–Crippen MR) is 91.4 cm³/mol. The maximum atomic E-state index is 12.3. The zero-order valence-corrected chi connectivity index (χ0v) is 14.2. The molecular formula is C16H17N3O5S. The Morgan fingerprint density at radius 3 is 2.56 bits per heavy atom. The molecule has 3 rings (SSSR count). The van der Waals surface area contributed by atoms with Crippen LogP contribution < -0.4 is 19.4 Å². The fourth-order valence-corrected chi connectivity index (χ4v) is 2.98. The van der Waals surface area contributed by atoms with Gasteiger partial charge in [0.15, 0.2) is 11.5 Å². The van der Waals surface area contributed by atoms with Crippen molar-refractivity contribution in [3.63, 3.8) is 0 Å². The van der Waals surface area contributed by atoms with Crippen LogP contribution in [0.2, 0.25) is 0 Å². The average Bonchev–Trinajstić information content (AvgIpc) is 2.55.